The fourth-order valence-corrected chi connectivity index (χ4v) is 1.26. The van der Waals surface area contributed by atoms with Gasteiger partial charge in [-0.25, -0.2) is 4.98 Å². The summed E-state index contributed by atoms with van der Waals surface area (Å²) in [5.74, 6) is 1.37. The molecular formula is C9H10N2O2. The molecule has 0 atom stereocenters. The number of methoxy groups -OCH3 is 1. The normalized spacial score (nSPS) is 10.6. The van der Waals surface area contributed by atoms with Crippen molar-refractivity contribution in [1.82, 2.24) is 9.38 Å². The van der Waals surface area contributed by atoms with Crippen molar-refractivity contribution in [2.24, 2.45) is 0 Å². The summed E-state index contributed by atoms with van der Waals surface area (Å²) in [7, 11) is 1.61. The summed E-state index contributed by atoms with van der Waals surface area (Å²) in [5, 5.41) is 8.96. The number of aromatic nitrogens is 2. The molecule has 13 heavy (non-hydrogen) atoms. The number of hydrogen-bond donors (Lipinski definition) is 1. The third-order valence-corrected chi connectivity index (χ3v) is 1.95. The van der Waals surface area contributed by atoms with Crippen molar-refractivity contribution in [3.63, 3.8) is 0 Å². The molecule has 0 bridgehead atoms. The minimum Gasteiger partial charge on any atom is -0.495 e. The van der Waals surface area contributed by atoms with E-state index >= 15 is 0 Å². The quantitative estimate of drug-likeness (QED) is 0.741. The number of ether oxygens (including phenoxy) is 1. The Hall–Kier alpha value is -1.55. The highest BCUT2D eigenvalue weighted by Crippen LogP contribution is 2.14. The van der Waals surface area contributed by atoms with E-state index in [0.29, 0.717) is 5.82 Å². The molecule has 0 unspecified atom stereocenters. The molecule has 2 heterocycles. The van der Waals surface area contributed by atoms with E-state index < -0.39 is 0 Å². The summed E-state index contributed by atoms with van der Waals surface area (Å²) in [4.78, 5) is 4.05. The van der Waals surface area contributed by atoms with E-state index in [4.69, 9.17) is 9.84 Å². The van der Waals surface area contributed by atoms with E-state index in [0.717, 1.165) is 11.3 Å². The van der Waals surface area contributed by atoms with Crippen LogP contribution in [0.5, 0.6) is 5.75 Å². The van der Waals surface area contributed by atoms with Crippen LogP contribution in [-0.2, 0) is 6.61 Å². The molecule has 0 aliphatic rings. The Kier molecular flexibility index (Phi) is 1.90. The van der Waals surface area contributed by atoms with E-state index in [1.165, 1.54) is 0 Å². The summed E-state index contributed by atoms with van der Waals surface area (Å²) >= 11 is 0. The standard InChI is InChI=1S/C9H10N2O2/c1-13-8-3-2-7-4-10-9(6-12)11(7)5-8/h2-5,12H,6H2,1H3. The maximum atomic E-state index is 8.96. The monoisotopic (exact) mass is 178 g/mol. The van der Waals surface area contributed by atoms with Crippen LogP contribution in [-0.4, -0.2) is 21.6 Å². The molecule has 0 amide bonds. The molecule has 2 rings (SSSR count). The van der Waals surface area contributed by atoms with Gasteiger partial charge in [0.25, 0.3) is 0 Å². The topological polar surface area (TPSA) is 46.8 Å². The molecule has 0 aliphatic carbocycles. The fourth-order valence-electron chi connectivity index (χ4n) is 1.26. The summed E-state index contributed by atoms with van der Waals surface area (Å²) in [5.41, 5.74) is 0.949. The first-order valence-corrected chi connectivity index (χ1v) is 3.96. The molecule has 2 aromatic heterocycles. The van der Waals surface area contributed by atoms with Gasteiger partial charge in [0.2, 0.25) is 0 Å². The van der Waals surface area contributed by atoms with E-state index in [1.54, 1.807) is 23.9 Å². The zero-order valence-corrected chi connectivity index (χ0v) is 7.27. The minimum absolute atomic E-state index is 0.0681. The number of imidazole rings is 1. The lowest BCUT2D eigenvalue weighted by Crippen LogP contribution is -1.94. The van der Waals surface area contributed by atoms with Gasteiger partial charge in [0.05, 0.1) is 25.0 Å². The molecule has 4 heteroatoms. The number of nitrogens with zero attached hydrogens (tertiary/aromatic N) is 2. The highest BCUT2D eigenvalue weighted by molar-refractivity contribution is 5.48. The first-order chi connectivity index (χ1) is 6.35. The second kappa shape index (κ2) is 3.06. The van der Waals surface area contributed by atoms with Gasteiger partial charge in [-0.1, -0.05) is 0 Å². The molecule has 0 radical (unpaired) electrons. The largest absolute Gasteiger partial charge is 0.495 e. The van der Waals surface area contributed by atoms with Gasteiger partial charge in [-0.15, -0.1) is 0 Å². The third kappa shape index (κ3) is 1.25. The molecule has 0 fully saturated rings. The highest BCUT2D eigenvalue weighted by Gasteiger charge is 2.02. The Balaban J connectivity index is 2.64. The van der Waals surface area contributed by atoms with Gasteiger partial charge in [-0.3, -0.25) is 4.40 Å². The average Bonchev–Trinajstić information content (AvgIpc) is 2.59. The van der Waals surface area contributed by atoms with E-state index in [9.17, 15) is 0 Å². The molecule has 1 N–H and O–H groups in total. The van der Waals surface area contributed by atoms with Crippen molar-refractivity contribution in [1.29, 1.82) is 0 Å². The van der Waals surface area contributed by atoms with Crippen LogP contribution in [0.2, 0.25) is 0 Å². The number of pyridine rings is 1. The van der Waals surface area contributed by atoms with Crippen LogP contribution in [0.3, 0.4) is 0 Å². The lowest BCUT2D eigenvalue weighted by molar-refractivity contribution is 0.270. The molecule has 4 nitrogen and oxygen atoms in total. The predicted octanol–water partition coefficient (Wildman–Crippen LogP) is 0.835. The average molecular weight is 178 g/mol. The maximum absolute atomic E-state index is 8.96. The van der Waals surface area contributed by atoms with Crippen LogP contribution >= 0.6 is 0 Å². The summed E-state index contributed by atoms with van der Waals surface area (Å²) < 4.78 is 6.87. The number of hydrogen-bond acceptors (Lipinski definition) is 3. The summed E-state index contributed by atoms with van der Waals surface area (Å²) in [6.07, 6.45) is 3.51. The minimum atomic E-state index is -0.0681. The Morgan fingerprint density at radius 1 is 1.54 bits per heavy atom. The Bertz CT molecular complexity index is 422. The molecule has 68 valence electrons. The first kappa shape index (κ1) is 8.07. The second-order valence-corrected chi connectivity index (χ2v) is 2.70. The lowest BCUT2D eigenvalue weighted by Gasteiger charge is -2.01. The number of aliphatic hydroxyl groups excluding tert-OH is 1. The van der Waals surface area contributed by atoms with Crippen LogP contribution in [0.15, 0.2) is 24.5 Å². The van der Waals surface area contributed by atoms with Crippen LogP contribution in [0.1, 0.15) is 5.82 Å². The van der Waals surface area contributed by atoms with Crippen LogP contribution in [0.25, 0.3) is 5.52 Å². The van der Waals surface area contributed by atoms with E-state index in [1.807, 2.05) is 12.1 Å². The molecule has 0 aliphatic heterocycles. The van der Waals surface area contributed by atoms with Gasteiger partial charge in [-0.2, -0.15) is 0 Å². The zero-order valence-electron chi connectivity index (χ0n) is 7.27. The van der Waals surface area contributed by atoms with Crippen molar-refractivity contribution in [3.05, 3.63) is 30.4 Å². The van der Waals surface area contributed by atoms with Gasteiger partial charge >= 0.3 is 0 Å². The number of rotatable bonds is 2. The highest BCUT2D eigenvalue weighted by atomic mass is 16.5. The van der Waals surface area contributed by atoms with Crippen LogP contribution < -0.4 is 4.74 Å². The molecule has 0 spiro atoms. The van der Waals surface area contributed by atoms with Crippen molar-refractivity contribution in [2.75, 3.05) is 7.11 Å². The number of aliphatic hydroxyl groups is 1. The van der Waals surface area contributed by atoms with Gasteiger partial charge in [-0.05, 0) is 12.1 Å². The summed E-state index contributed by atoms with van der Waals surface area (Å²) in [6, 6.07) is 3.75. The second-order valence-electron chi connectivity index (χ2n) is 2.70. The predicted molar refractivity (Wildman–Crippen MR) is 47.7 cm³/mol. The van der Waals surface area contributed by atoms with E-state index in [-0.39, 0.29) is 6.61 Å². The van der Waals surface area contributed by atoms with E-state index in [2.05, 4.69) is 4.98 Å². The fraction of sp³-hybridized carbons (Fsp3) is 0.222. The van der Waals surface area contributed by atoms with Crippen LogP contribution in [0, 0.1) is 0 Å². The molecule has 0 aromatic carbocycles. The SMILES string of the molecule is COc1ccc2cnc(CO)n2c1. The smallest absolute Gasteiger partial charge is 0.139 e. The van der Waals surface area contributed by atoms with Crippen molar-refractivity contribution < 1.29 is 9.84 Å². The lowest BCUT2D eigenvalue weighted by atomic mass is 10.4. The van der Waals surface area contributed by atoms with Gasteiger partial charge in [0.15, 0.2) is 0 Å². The van der Waals surface area contributed by atoms with Gasteiger partial charge in [0.1, 0.15) is 18.2 Å². The van der Waals surface area contributed by atoms with Crippen molar-refractivity contribution in [3.8, 4) is 5.75 Å². The molecule has 0 saturated heterocycles. The number of fused-ring (bicyclic) bond motifs is 1. The Labute approximate surface area is 75.4 Å². The van der Waals surface area contributed by atoms with Gasteiger partial charge < -0.3 is 9.84 Å². The van der Waals surface area contributed by atoms with Crippen molar-refractivity contribution in [2.45, 2.75) is 6.61 Å². The Morgan fingerprint density at radius 3 is 3.08 bits per heavy atom. The first-order valence-electron chi connectivity index (χ1n) is 3.96. The van der Waals surface area contributed by atoms with Crippen LogP contribution in [0.4, 0.5) is 0 Å². The zero-order chi connectivity index (χ0) is 9.26. The Morgan fingerprint density at radius 2 is 2.38 bits per heavy atom. The maximum Gasteiger partial charge on any atom is 0.139 e. The summed E-state index contributed by atoms with van der Waals surface area (Å²) in [6.45, 7) is -0.0681. The third-order valence-electron chi connectivity index (χ3n) is 1.95. The van der Waals surface area contributed by atoms with Gasteiger partial charge in [0, 0.05) is 0 Å². The molecule has 0 saturated carbocycles. The van der Waals surface area contributed by atoms with Crippen molar-refractivity contribution >= 4 is 5.52 Å². The molecular weight excluding hydrogens is 168 g/mol. The molecule has 2 aromatic rings.